The summed E-state index contributed by atoms with van der Waals surface area (Å²) in [5, 5.41) is 11.3. The van der Waals surface area contributed by atoms with Gasteiger partial charge in [0.1, 0.15) is 10.6 Å². The Balaban J connectivity index is 1.61. The van der Waals surface area contributed by atoms with Crippen LogP contribution in [0, 0.1) is 5.92 Å². The lowest BCUT2D eigenvalue weighted by atomic mass is 10.0. The quantitative estimate of drug-likeness (QED) is 0.590. The summed E-state index contributed by atoms with van der Waals surface area (Å²) >= 11 is 0. The molecule has 0 radical (unpaired) electrons. The number of carbonyl (C=O) groups is 2. The molecule has 0 unspecified atom stereocenters. The number of aliphatic carboxylic acids is 1. The Morgan fingerprint density at radius 3 is 2.55 bits per heavy atom. The molecular weight excluding hydrogens is 274 g/mol. The number of hydrogen-bond acceptors (Lipinski definition) is 7. The number of ether oxygens (including phenoxy) is 2. The maximum atomic E-state index is 11.2. The molecule has 10 nitrogen and oxygen atoms in total. The lowest BCUT2D eigenvalue weighted by Crippen LogP contribution is -2.55. The van der Waals surface area contributed by atoms with E-state index in [0.29, 0.717) is 13.1 Å². The highest BCUT2D eigenvalue weighted by Gasteiger charge is 2.38. The van der Waals surface area contributed by atoms with Gasteiger partial charge in [0.15, 0.2) is 0 Å². The van der Waals surface area contributed by atoms with Crippen molar-refractivity contribution < 1.29 is 33.6 Å². The number of carboxylic acid groups (broad SMARTS) is 1. The van der Waals surface area contributed by atoms with Crippen LogP contribution in [0.5, 0.6) is 0 Å². The van der Waals surface area contributed by atoms with Crippen molar-refractivity contribution in [3.63, 3.8) is 0 Å². The van der Waals surface area contributed by atoms with E-state index in [9.17, 15) is 9.59 Å². The van der Waals surface area contributed by atoms with E-state index in [4.69, 9.17) is 19.3 Å². The molecule has 1 fully saturated rings. The third-order valence-electron chi connectivity index (χ3n) is 2.44. The van der Waals surface area contributed by atoms with Crippen LogP contribution in [0.25, 0.3) is 0 Å². The van der Waals surface area contributed by atoms with Gasteiger partial charge in [-0.25, -0.2) is 4.79 Å². The monoisotopic (exact) mass is 291 g/mol. The first-order valence-electron chi connectivity index (χ1n) is 6.01. The first kappa shape index (κ1) is 14.2. The van der Waals surface area contributed by atoms with E-state index in [1.165, 1.54) is 4.96 Å². The highest BCUT2D eigenvalue weighted by atomic mass is 17.0. The smallest absolute Gasteiger partial charge is 0.481 e. The first-order chi connectivity index (χ1) is 9.26. The zero-order valence-corrected chi connectivity index (χ0v) is 11.4. The van der Waals surface area contributed by atoms with Crippen LogP contribution in [-0.2, 0) is 14.3 Å². The SMILES string of the molecule is CC(C)(C)OC(=O)OCOn1on1N1CC(C(=O)O)C1. The topological polar surface area (TPSA) is 108 Å². The van der Waals surface area contributed by atoms with Crippen LogP contribution in [-0.4, -0.2) is 52.7 Å². The summed E-state index contributed by atoms with van der Waals surface area (Å²) in [5.41, 5.74) is -0.636. The minimum absolute atomic E-state index is 0.335. The van der Waals surface area contributed by atoms with Crippen molar-refractivity contribution in [2.24, 2.45) is 5.92 Å². The normalized spacial score (nSPS) is 15.8. The summed E-state index contributed by atoms with van der Waals surface area (Å²) in [7, 11) is 0. The molecule has 1 aromatic rings. The molecule has 10 heteroatoms. The summed E-state index contributed by atoms with van der Waals surface area (Å²) in [5.74, 6) is -1.25. The van der Waals surface area contributed by atoms with Gasteiger partial charge in [-0.1, -0.05) is 0 Å². The predicted octanol–water partition coefficient (Wildman–Crippen LogP) is -0.127. The predicted molar refractivity (Wildman–Crippen MR) is 62.5 cm³/mol. The number of hydrogen-bond donors (Lipinski definition) is 1. The third-order valence-corrected chi connectivity index (χ3v) is 2.44. The van der Waals surface area contributed by atoms with E-state index < -0.39 is 23.6 Å². The van der Waals surface area contributed by atoms with E-state index in [1.54, 1.807) is 25.8 Å². The van der Waals surface area contributed by atoms with Crippen molar-refractivity contribution in [3.8, 4) is 0 Å². The molecule has 0 saturated carbocycles. The standard InChI is InChI=1S/C10H17N3O7/c1-10(2,3)19-9(16)17-6-18-13-12(20-13)11-4-7(5-11)8(14)15/h7H,4-6H2,1-3H3,(H,14,15). The molecule has 1 saturated heterocycles. The zero-order chi connectivity index (χ0) is 14.9. The van der Waals surface area contributed by atoms with E-state index in [0.717, 1.165) is 5.02 Å². The maximum Gasteiger partial charge on any atom is 0.511 e. The molecule has 20 heavy (non-hydrogen) atoms. The highest BCUT2D eigenvalue weighted by Crippen LogP contribution is 2.15. The number of aromatic nitrogens is 2. The molecule has 1 aromatic heterocycles. The summed E-state index contributed by atoms with van der Waals surface area (Å²) in [4.78, 5) is 28.0. The van der Waals surface area contributed by atoms with Crippen LogP contribution >= 0.6 is 0 Å². The average Bonchev–Trinajstić information content (AvgIpc) is 2.91. The fraction of sp³-hybridized carbons (Fsp3) is 0.800. The van der Waals surface area contributed by atoms with Gasteiger partial charge in [0.2, 0.25) is 0 Å². The lowest BCUT2D eigenvalue weighted by molar-refractivity contribution is -0.143. The highest BCUT2D eigenvalue weighted by molar-refractivity contribution is 5.72. The molecule has 0 aromatic carbocycles. The van der Waals surface area contributed by atoms with E-state index in [-0.39, 0.29) is 6.79 Å². The fourth-order valence-electron chi connectivity index (χ4n) is 1.42. The maximum absolute atomic E-state index is 11.2. The molecular formula is C10H17N3O7. The van der Waals surface area contributed by atoms with Gasteiger partial charge < -0.3 is 19.4 Å². The molecule has 2 heterocycles. The molecule has 1 aliphatic rings. The summed E-state index contributed by atoms with van der Waals surface area (Å²) in [6.45, 7) is 5.44. The molecule has 0 bridgehead atoms. The van der Waals surface area contributed by atoms with Gasteiger partial charge in [0, 0.05) is 4.96 Å². The number of carboxylic acids is 1. The van der Waals surface area contributed by atoms with Crippen LogP contribution in [0.1, 0.15) is 20.8 Å². The van der Waals surface area contributed by atoms with Crippen LogP contribution < -0.4 is 9.85 Å². The second-order valence-corrected chi connectivity index (χ2v) is 5.33. The Morgan fingerprint density at radius 1 is 1.35 bits per heavy atom. The fourth-order valence-corrected chi connectivity index (χ4v) is 1.42. The van der Waals surface area contributed by atoms with Crippen molar-refractivity contribution in [2.75, 3.05) is 24.9 Å². The van der Waals surface area contributed by atoms with Gasteiger partial charge >= 0.3 is 12.1 Å². The lowest BCUT2D eigenvalue weighted by Gasteiger charge is -2.32. The number of carbonyl (C=O) groups excluding carboxylic acids is 1. The van der Waals surface area contributed by atoms with E-state index >= 15 is 0 Å². The van der Waals surface area contributed by atoms with Gasteiger partial charge in [0.25, 0.3) is 6.79 Å². The Hall–Kier alpha value is -2.26. The van der Waals surface area contributed by atoms with Gasteiger partial charge in [0.05, 0.1) is 19.0 Å². The average molecular weight is 291 g/mol. The van der Waals surface area contributed by atoms with E-state index in [1.807, 2.05) is 0 Å². The van der Waals surface area contributed by atoms with Gasteiger partial charge in [-0.05, 0) is 20.8 Å². The number of rotatable bonds is 5. The molecule has 114 valence electrons. The van der Waals surface area contributed by atoms with Crippen molar-refractivity contribution in [2.45, 2.75) is 26.4 Å². The molecule has 2 rings (SSSR count). The van der Waals surface area contributed by atoms with Crippen molar-refractivity contribution in [1.29, 1.82) is 0 Å². The minimum atomic E-state index is -0.846. The summed E-state index contributed by atoms with van der Waals surface area (Å²) in [6.07, 6.45) is -0.846. The zero-order valence-electron chi connectivity index (χ0n) is 11.4. The van der Waals surface area contributed by atoms with Crippen molar-refractivity contribution in [1.82, 2.24) is 9.98 Å². The molecule has 0 spiro atoms. The molecule has 1 aliphatic heterocycles. The number of nitrogens with zero attached hydrogens (tertiary/aromatic N) is 3. The van der Waals surface area contributed by atoms with Gasteiger partial charge in [-0.2, -0.15) is 4.63 Å². The van der Waals surface area contributed by atoms with Crippen LogP contribution in [0.4, 0.5) is 4.79 Å². The van der Waals surface area contributed by atoms with Crippen LogP contribution in [0.3, 0.4) is 0 Å². The molecule has 0 aliphatic carbocycles. The summed E-state index contributed by atoms with van der Waals surface area (Å²) < 4.78 is 14.4. The van der Waals surface area contributed by atoms with E-state index in [2.05, 4.69) is 4.74 Å². The Kier molecular flexibility index (Phi) is 3.55. The minimum Gasteiger partial charge on any atom is -0.481 e. The molecule has 1 N–H and O–H groups in total. The second kappa shape index (κ2) is 5.02. The van der Waals surface area contributed by atoms with Crippen molar-refractivity contribution in [3.05, 3.63) is 0 Å². The summed E-state index contributed by atoms with van der Waals surface area (Å²) in [6, 6.07) is 0. The Bertz CT molecular complexity index is 474. The Labute approximate surface area is 114 Å². The third kappa shape index (κ3) is 3.62. The van der Waals surface area contributed by atoms with Crippen LogP contribution in [0.2, 0.25) is 0 Å². The molecule has 0 amide bonds. The van der Waals surface area contributed by atoms with Crippen LogP contribution in [0.15, 0.2) is 4.63 Å². The Morgan fingerprint density at radius 2 is 2.00 bits per heavy atom. The molecule has 0 atom stereocenters. The second-order valence-electron chi connectivity index (χ2n) is 5.33. The van der Waals surface area contributed by atoms with Gasteiger partial charge in [-0.15, -0.1) is 0 Å². The first-order valence-corrected chi connectivity index (χ1v) is 6.01. The van der Waals surface area contributed by atoms with Gasteiger partial charge in [-0.3, -0.25) is 9.80 Å². The largest absolute Gasteiger partial charge is 0.511 e. The van der Waals surface area contributed by atoms with Crippen molar-refractivity contribution >= 4 is 12.1 Å².